The summed E-state index contributed by atoms with van der Waals surface area (Å²) in [4.78, 5) is 23.1. The lowest BCUT2D eigenvalue weighted by Crippen LogP contribution is -2.45. The van der Waals surface area contributed by atoms with Gasteiger partial charge in [-0.3, -0.25) is 13.8 Å². The number of quaternary nitrogens is 1. The Bertz CT molecular complexity index is 969. The summed E-state index contributed by atoms with van der Waals surface area (Å²) >= 11 is 0. The molecule has 3 atom stereocenters. The van der Waals surface area contributed by atoms with Crippen LogP contribution in [0, 0.1) is 0 Å². The third kappa shape index (κ3) is 41.2. The molecular formula is C47H94N2O6P+. The van der Waals surface area contributed by atoms with Crippen LogP contribution in [0.15, 0.2) is 24.3 Å². The van der Waals surface area contributed by atoms with Crippen LogP contribution in [-0.4, -0.2) is 73.4 Å². The number of hydrogen-bond acceptors (Lipinski definition) is 5. The average Bonchev–Trinajstić information content (AvgIpc) is 3.15. The molecule has 56 heavy (non-hydrogen) atoms. The highest BCUT2D eigenvalue weighted by molar-refractivity contribution is 7.47. The summed E-state index contributed by atoms with van der Waals surface area (Å²) in [5.74, 6) is -0.177. The van der Waals surface area contributed by atoms with Gasteiger partial charge in [-0.1, -0.05) is 192 Å². The monoisotopic (exact) mass is 814 g/mol. The van der Waals surface area contributed by atoms with Crippen LogP contribution in [0.1, 0.15) is 219 Å². The fourth-order valence-electron chi connectivity index (χ4n) is 6.86. The van der Waals surface area contributed by atoms with Gasteiger partial charge >= 0.3 is 7.82 Å². The van der Waals surface area contributed by atoms with Crippen molar-refractivity contribution < 1.29 is 32.9 Å². The van der Waals surface area contributed by atoms with E-state index in [-0.39, 0.29) is 19.1 Å². The van der Waals surface area contributed by atoms with Crippen molar-refractivity contribution in [3.8, 4) is 0 Å². The summed E-state index contributed by atoms with van der Waals surface area (Å²) in [6.07, 6.45) is 46.7. The highest BCUT2D eigenvalue weighted by Gasteiger charge is 2.27. The normalized spacial score (nSPS) is 14.5. The van der Waals surface area contributed by atoms with E-state index < -0.39 is 20.0 Å². The Kier molecular flexibility index (Phi) is 38.7. The maximum absolute atomic E-state index is 12.9. The summed E-state index contributed by atoms with van der Waals surface area (Å²) in [6, 6.07) is -0.843. The number of likely N-dealkylation sites (N-methyl/N-ethyl adjacent to an activating group) is 1. The summed E-state index contributed by atoms with van der Waals surface area (Å²) in [5.41, 5.74) is 0. The van der Waals surface area contributed by atoms with E-state index in [1.165, 1.54) is 161 Å². The highest BCUT2D eigenvalue weighted by Crippen LogP contribution is 2.43. The highest BCUT2D eigenvalue weighted by atomic mass is 31.2. The average molecular weight is 814 g/mol. The smallest absolute Gasteiger partial charge is 0.387 e. The van der Waals surface area contributed by atoms with Gasteiger partial charge < -0.3 is 19.8 Å². The number of rotatable bonds is 43. The van der Waals surface area contributed by atoms with Crippen molar-refractivity contribution in [2.24, 2.45) is 0 Å². The minimum Gasteiger partial charge on any atom is -0.387 e. The lowest BCUT2D eigenvalue weighted by atomic mass is 10.0. The Hall–Kier alpha value is -1.02. The Morgan fingerprint density at radius 3 is 1.38 bits per heavy atom. The van der Waals surface area contributed by atoms with Gasteiger partial charge in [0.25, 0.3) is 0 Å². The van der Waals surface area contributed by atoms with Crippen molar-refractivity contribution >= 4 is 13.7 Å². The molecule has 0 bridgehead atoms. The summed E-state index contributed by atoms with van der Waals surface area (Å²) in [6.45, 7) is 4.81. The quantitative estimate of drug-likeness (QED) is 0.0245. The number of aliphatic hydroxyl groups excluding tert-OH is 1. The predicted molar refractivity (Wildman–Crippen MR) is 240 cm³/mol. The molecule has 0 heterocycles. The van der Waals surface area contributed by atoms with Crippen LogP contribution >= 0.6 is 7.82 Å². The zero-order valence-corrected chi connectivity index (χ0v) is 38.5. The zero-order chi connectivity index (χ0) is 41.4. The Morgan fingerprint density at radius 2 is 0.964 bits per heavy atom. The van der Waals surface area contributed by atoms with Crippen LogP contribution in [0.25, 0.3) is 0 Å². The molecule has 3 unspecified atom stereocenters. The first-order chi connectivity index (χ1) is 27.0. The second kappa shape index (κ2) is 39.4. The van der Waals surface area contributed by atoms with Crippen molar-refractivity contribution in [2.45, 2.75) is 231 Å². The maximum atomic E-state index is 12.9. The second-order valence-corrected chi connectivity index (χ2v) is 18.9. The van der Waals surface area contributed by atoms with Crippen LogP contribution in [0.2, 0.25) is 0 Å². The first-order valence-corrected chi connectivity index (χ1v) is 25.2. The Morgan fingerprint density at radius 1 is 0.589 bits per heavy atom. The van der Waals surface area contributed by atoms with Crippen LogP contribution in [-0.2, 0) is 18.4 Å². The number of allylic oxidation sites excluding steroid dienone is 3. The van der Waals surface area contributed by atoms with Gasteiger partial charge in [0, 0.05) is 6.42 Å². The van der Waals surface area contributed by atoms with Crippen molar-refractivity contribution in [1.82, 2.24) is 5.32 Å². The molecule has 332 valence electrons. The molecule has 9 heteroatoms. The molecule has 0 saturated carbocycles. The van der Waals surface area contributed by atoms with Gasteiger partial charge in [0.2, 0.25) is 5.91 Å². The van der Waals surface area contributed by atoms with E-state index >= 15 is 0 Å². The number of nitrogens with zero attached hydrogens (tertiary/aromatic N) is 1. The van der Waals surface area contributed by atoms with Crippen LogP contribution in [0.3, 0.4) is 0 Å². The molecule has 0 aromatic rings. The largest absolute Gasteiger partial charge is 0.472 e. The molecule has 0 aliphatic heterocycles. The number of carbonyl (C=O) groups is 1. The molecule has 0 saturated heterocycles. The molecule has 0 aliphatic rings. The molecule has 3 N–H and O–H groups in total. The number of hydrogen-bond donors (Lipinski definition) is 3. The van der Waals surface area contributed by atoms with E-state index in [2.05, 4.69) is 31.3 Å². The molecule has 0 fully saturated rings. The SMILES string of the molecule is CCCCCCCCC=CCCCCCCCCCCCCCC(=O)NC(COP(=O)(O)OCC[N+](C)(C)C)C(O)C=CCCCCCCCCCCCCC. The van der Waals surface area contributed by atoms with Gasteiger partial charge in [0.15, 0.2) is 0 Å². The molecular weight excluding hydrogens is 719 g/mol. The number of carbonyl (C=O) groups excluding carboxylic acids is 1. The molecule has 1 amide bonds. The van der Waals surface area contributed by atoms with Crippen LogP contribution < -0.4 is 5.32 Å². The number of unbranched alkanes of at least 4 members (excludes halogenated alkanes) is 28. The van der Waals surface area contributed by atoms with Crippen molar-refractivity contribution in [3.63, 3.8) is 0 Å². The summed E-state index contributed by atoms with van der Waals surface area (Å²) < 4.78 is 23.6. The second-order valence-electron chi connectivity index (χ2n) is 17.5. The molecule has 0 aromatic carbocycles. The maximum Gasteiger partial charge on any atom is 0.472 e. The van der Waals surface area contributed by atoms with E-state index in [9.17, 15) is 19.4 Å². The van der Waals surface area contributed by atoms with Gasteiger partial charge in [-0.15, -0.1) is 0 Å². The molecule has 0 aliphatic carbocycles. The van der Waals surface area contributed by atoms with E-state index in [1.807, 2.05) is 27.2 Å². The molecule has 0 rings (SSSR count). The van der Waals surface area contributed by atoms with E-state index in [1.54, 1.807) is 6.08 Å². The predicted octanol–water partition coefficient (Wildman–Crippen LogP) is 13.3. The standard InChI is InChI=1S/C47H93N2O6P/c1-6-8-10-12-14-16-18-20-21-22-23-24-25-26-27-29-31-33-35-37-39-41-47(51)48-45(44-55-56(52,53)54-43-42-49(3,4)5)46(50)40-38-36-34-32-30-28-19-17-15-13-11-9-7-2/h20-21,38,40,45-46,50H,6-19,22-37,39,41-44H2,1-5H3,(H-,48,51,52,53)/p+1. The van der Waals surface area contributed by atoms with Gasteiger partial charge in [-0.25, -0.2) is 4.57 Å². The molecule has 0 radical (unpaired) electrons. The number of aliphatic hydroxyl groups is 1. The van der Waals surface area contributed by atoms with Crippen LogP contribution in [0.4, 0.5) is 0 Å². The molecule has 0 spiro atoms. The van der Waals surface area contributed by atoms with Crippen molar-refractivity contribution in [1.29, 1.82) is 0 Å². The number of phosphoric ester groups is 1. The third-order valence-corrected chi connectivity index (χ3v) is 11.6. The molecule has 0 aromatic heterocycles. The van der Waals surface area contributed by atoms with Gasteiger partial charge in [0.1, 0.15) is 13.2 Å². The topological polar surface area (TPSA) is 105 Å². The third-order valence-electron chi connectivity index (χ3n) is 10.7. The first-order valence-electron chi connectivity index (χ1n) is 23.7. The number of amides is 1. The fourth-order valence-corrected chi connectivity index (χ4v) is 7.60. The van der Waals surface area contributed by atoms with E-state index in [4.69, 9.17) is 9.05 Å². The van der Waals surface area contributed by atoms with Gasteiger partial charge in [-0.2, -0.15) is 0 Å². The summed E-state index contributed by atoms with van der Waals surface area (Å²) in [7, 11) is 1.58. The van der Waals surface area contributed by atoms with E-state index in [0.29, 0.717) is 17.4 Å². The fraction of sp³-hybridized carbons (Fsp3) is 0.894. The lowest BCUT2D eigenvalue weighted by molar-refractivity contribution is -0.870. The van der Waals surface area contributed by atoms with Crippen LogP contribution in [0.5, 0.6) is 0 Å². The minimum atomic E-state index is -4.33. The number of phosphoric acid groups is 1. The lowest BCUT2D eigenvalue weighted by Gasteiger charge is -2.25. The minimum absolute atomic E-state index is 0.0627. The Labute approximate surface area is 347 Å². The van der Waals surface area contributed by atoms with E-state index in [0.717, 1.165) is 38.5 Å². The zero-order valence-electron chi connectivity index (χ0n) is 37.6. The van der Waals surface area contributed by atoms with Crippen molar-refractivity contribution in [3.05, 3.63) is 24.3 Å². The van der Waals surface area contributed by atoms with Crippen molar-refractivity contribution in [2.75, 3.05) is 40.9 Å². The van der Waals surface area contributed by atoms with Gasteiger partial charge in [0.05, 0.1) is 39.9 Å². The number of nitrogens with one attached hydrogen (secondary N) is 1. The van der Waals surface area contributed by atoms with Gasteiger partial charge in [-0.05, 0) is 44.9 Å². The first kappa shape index (κ1) is 55.0. The molecule has 8 nitrogen and oxygen atoms in total. The summed E-state index contributed by atoms with van der Waals surface area (Å²) in [5, 5.41) is 13.8. The Balaban J connectivity index is 4.30.